The van der Waals surface area contributed by atoms with Crippen molar-refractivity contribution in [3.8, 4) is 0 Å². The van der Waals surface area contributed by atoms with Crippen molar-refractivity contribution < 1.29 is 14.0 Å². The van der Waals surface area contributed by atoms with Crippen LogP contribution in [0.15, 0.2) is 53.4 Å². The second-order valence-corrected chi connectivity index (χ2v) is 7.99. The van der Waals surface area contributed by atoms with Gasteiger partial charge < -0.3 is 9.80 Å². The minimum absolute atomic E-state index is 0.0126. The molecule has 0 spiro atoms. The van der Waals surface area contributed by atoms with Crippen molar-refractivity contribution in [1.82, 2.24) is 9.80 Å². The maximum atomic E-state index is 13.9. The van der Waals surface area contributed by atoms with Gasteiger partial charge in [-0.1, -0.05) is 36.4 Å². The van der Waals surface area contributed by atoms with Crippen LogP contribution >= 0.6 is 11.8 Å². The van der Waals surface area contributed by atoms with E-state index in [2.05, 4.69) is 0 Å². The smallest absolute Gasteiger partial charge is 0.233 e. The second-order valence-electron chi connectivity index (χ2n) is 6.97. The normalized spacial score (nSPS) is 14.2. The summed E-state index contributed by atoms with van der Waals surface area (Å²) in [6.45, 7) is 4.02. The highest BCUT2D eigenvalue weighted by Crippen LogP contribution is 2.23. The summed E-state index contributed by atoms with van der Waals surface area (Å²) >= 11 is 1.22. The molecule has 2 aromatic carbocycles. The lowest BCUT2D eigenvalue weighted by Crippen LogP contribution is -2.51. The van der Waals surface area contributed by atoms with Crippen LogP contribution in [0.2, 0.25) is 0 Å². The number of thioether (sulfide) groups is 1. The molecule has 2 aromatic rings. The van der Waals surface area contributed by atoms with E-state index in [-0.39, 0.29) is 23.4 Å². The Bertz CT molecular complexity index is 821. The van der Waals surface area contributed by atoms with Gasteiger partial charge in [-0.3, -0.25) is 9.59 Å². The molecule has 3 rings (SSSR count). The van der Waals surface area contributed by atoms with Crippen LogP contribution < -0.4 is 0 Å². The average Bonchev–Trinajstić information content (AvgIpc) is 2.72. The predicted octanol–water partition coefficient (Wildman–Crippen LogP) is 3.53. The zero-order chi connectivity index (χ0) is 19.9. The van der Waals surface area contributed by atoms with Gasteiger partial charge in [0.2, 0.25) is 11.8 Å². The third-order valence-electron chi connectivity index (χ3n) is 4.89. The summed E-state index contributed by atoms with van der Waals surface area (Å²) in [5.74, 6) is 0.0436. The molecule has 1 saturated heterocycles. The first-order valence-electron chi connectivity index (χ1n) is 9.51. The number of nitrogens with zero attached hydrogens (tertiary/aromatic N) is 2. The van der Waals surface area contributed by atoms with Gasteiger partial charge in [-0.2, -0.15) is 0 Å². The molecule has 0 N–H and O–H groups in total. The quantitative estimate of drug-likeness (QED) is 0.697. The number of hydrogen-bond acceptors (Lipinski definition) is 3. The molecule has 28 heavy (non-hydrogen) atoms. The third kappa shape index (κ3) is 5.58. The molecule has 0 radical (unpaired) electrons. The predicted molar refractivity (Wildman–Crippen MR) is 110 cm³/mol. The van der Waals surface area contributed by atoms with Crippen molar-refractivity contribution in [3.63, 3.8) is 0 Å². The molecule has 0 aromatic heterocycles. The number of piperazine rings is 1. The summed E-state index contributed by atoms with van der Waals surface area (Å²) in [4.78, 5) is 28.9. The van der Waals surface area contributed by atoms with Gasteiger partial charge in [-0.15, -0.1) is 11.8 Å². The van der Waals surface area contributed by atoms with Crippen LogP contribution in [-0.4, -0.2) is 53.5 Å². The van der Waals surface area contributed by atoms with Crippen LogP contribution in [0.5, 0.6) is 0 Å². The van der Waals surface area contributed by atoms with Crippen molar-refractivity contribution >= 4 is 23.6 Å². The molecule has 1 aliphatic heterocycles. The first-order chi connectivity index (χ1) is 13.5. The molecular weight excluding hydrogens is 375 g/mol. The highest BCUT2D eigenvalue weighted by molar-refractivity contribution is 8.00. The Morgan fingerprint density at radius 1 is 0.964 bits per heavy atom. The fraction of sp³-hybridized carbons (Fsp3) is 0.364. The highest BCUT2D eigenvalue weighted by Gasteiger charge is 2.24. The van der Waals surface area contributed by atoms with Gasteiger partial charge in [0, 0.05) is 37.5 Å². The van der Waals surface area contributed by atoms with Crippen molar-refractivity contribution in [3.05, 3.63) is 65.5 Å². The lowest BCUT2D eigenvalue weighted by atomic mass is 10.1. The Kier molecular flexibility index (Phi) is 7.09. The molecule has 0 unspecified atom stereocenters. The van der Waals surface area contributed by atoms with E-state index in [1.54, 1.807) is 11.0 Å². The van der Waals surface area contributed by atoms with E-state index in [0.29, 0.717) is 37.5 Å². The van der Waals surface area contributed by atoms with Gasteiger partial charge in [0.15, 0.2) is 0 Å². The van der Waals surface area contributed by atoms with Gasteiger partial charge >= 0.3 is 0 Å². The largest absolute Gasteiger partial charge is 0.339 e. The minimum atomic E-state index is -0.286. The van der Waals surface area contributed by atoms with Crippen molar-refractivity contribution in [1.29, 1.82) is 0 Å². The van der Waals surface area contributed by atoms with Crippen molar-refractivity contribution in [2.75, 3.05) is 31.9 Å². The maximum absolute atomic E-state index is 13.9. The Morgan fingerprint density at radius 2 is 1.61 bits per heavy atom. The van der Waals surface area contributed by atoms with Gasteiger partial charge in [0.05, 0.1) is 5.75 Å². The number of hydrogen-bond donors (Lipinski definition) is 0. The van der Waals surface area contributed by atoms with Crippen LogP contribution in [0, 0.1) is 12.7 Å². The maximum Gasteiger partial charge on any atom is 0.233 e. The van der Waals surface area contributed by atoms with E-state index >= 15 is 0 Å². The van der Waals surface area contributed by atoms with Crippen LogP contribution in [0.25, 0.3) is 0 Å². The zero-order valence-corrected chi connectivity index (χ0v) is 16.9. The monoisotopic (exact) mass is 400 g/mol. The van der Waals surface area contributed by atoms with Gasteiger partial charge in [0.1, 0.15) is 5.82 Å². The minimum Gasteiger partial charge on any atom is -0.339 e. The van der Waals surface area contributed by atoms with E-state index in [4.69, 9.17) is 0 Å². The van der Waals surface area contributed by atoms with Crippen LogP contribution in [0.4, 0.5) is 4.39 Å². The lowest BCUT2D eigenvalue weighted by Gasteiger charge is -2.35. The number of halogens is 1. The van der Waals surface area contributed by atoms with E-state index in [1.807, 2.05) is 48.2 Å². The van der Waals surface area contributed by atoms with Crippen LogP contribution in [-0.2, 0) is 16.0 Å². The van der Waals surface area contributed by atoms with Gasteiger partial charge in [-0.05, 0) is 36.6 Å². The SMILES string of the molecule is Cc1ccc(SCC(=O)N2CCN(C(=O)CCc3ccccc3)CC2)c(F)c1. The molecule has 2 amide bonds. The van der Waals surface area contributed by atoms with E-state index in [1.165, 1.54) is 17.8 Å². The molecule has 1 heterocycles. The number of amides is 2. The van der Waals surface area contributed by atoms with E-state index in [0.717, 1.165) is 17.5 Å². The number of aryl methyl sites for hydroxylation is 2. The summed E-state index contributed by atoms with van der Waals surface area (Å²) in [7, 11) is 0. The van der Waals surface area contributed by atoms with E-state index in [9.17, 15) is 14.0 Å². The Hall–Kier alpha value is -2.34. The molecule has 0 atom stereocenters. The molecule has 6 heteroatoms. The Morgan fingerprint density at radius 3 is 2.25 bits per heavy atom. The van der Waals surface area contributed by atoms with Crippen molar-refractivity contribution in [2.24, 2.45) is 0 Å². The first-order valence-corrected chi connectivity index (χ1v) is 10.5. The van der Waals surface area contributed by atoms with E-state index < -0.39 is 0 Å². The lowest BCUT2D eigenvalue weighted by molar-refractivity contribution is -0.138. The molecule has 0 saturated carbocycles. The van der Waals surface area contributed by atoms with Crippen LogP contribution in [0.3, 0.4) is 0 Å². The third-order valence-corrected chi connectivity index (χ3v) is 5.93. The summed E-state index contributed by atoms with van der Waals surface area (Å²) < 4.78 is 13.9. The molecule has 148 valence electrons. The highest BCUT2D eigenvalue weighted by atomic mass is 32.2. The molecule has 1 aliphatic rings. The number of carbonyl (C=O) groups is 2. The summed E-state index contributed by atoms with van der Waals surface area (Å²) in [5.41, 5.74) is 2.02. The fourth-order valence-electron chi connectivity index (χ4n) is 3.21. The van der Waals surface area contributed by atoms with Gasteiger partial charge in [-0.25, -0.2) is 4.39 Å². The number of rotatable bonds is 6. The topological polar surface area (TPSA) is 40.6 Å². The second kappa shape index (κ2) is 9.73. The molecular formula is C22H25FN2O2S. The summed E-state index contributed by atoms with van der Waals surface area (Å²) in [5, 5.41) is 0. The van der Waals surface area contributed by atoms with Crippen LogP contribution in [0.1, 0.15) is 17.5 Å². The Balaban J connectivity index is 1.41. The Labute approximate surface area is 169 Å². The number of carbonyl (C=O) groups excluding carboxylic acids is 2. The first kappa shape index (κ1) is 20.4. The summed E-state index contributed by atoms with van der Waals surface area (Å²) in [6, 6.07) is 15.0. The number of benzene rings is 2. The molecule has 0 bridgehead atoms. The standard InChI is InChI=1S/C22H25FN2O2S/c1-17-7-9-20(19(23)15-17)28-16-22(27)25-13-11-24(12-14-25)21(26)10-8-18-5-3-2-4-6-18/h2-7,9,15H,8,10-14,16H2,1H3. The molecule has 0 aliphatic carbocycles. The van der Waals surface area contributed by atoms with Gasteiger partial charge in [0.25, 0.3) is 0 Å². The fourth-order valence-corrected chi connectivity index (χ4v) is 4.04. The molecule has 4 nitrogen and oxygen atoms in total. The average molecular weight is 401 g/mol. The zero-order valence-electron chi connectivity index (χ0n) is 16.1. The summed E-state index contributed by atoms with van der Waals surface area (Å²) in [6.07, 6.45) is 1.22. The molecule has 1 fully saturated rings. The van der Waals surface area contributed by atoms with Crippen molar-refractivity contribution in [2.45, 2.75) is 24.7 Å².